The summed E-state index contributed by atoms with van der Waals surface area (Å²) in [7, 11) is 1.13. The third kappa shape index (κ3) is 6.54. The van der Waals surface area contributed by atoms with Crippen molar-refractivity contribution in [3.63, 3.8) is 0 Å². The van der Waals surface area contributed by atoms with Crippen LogP contribution >= 0.6 is 0 Å². The van der Waals surface area contributed by atoms with Crippen molar-refractivity contribution < 1.29 is 37.4 Å². The van der Waals surface area contributed by atoms with Crippen molar-refractivity contribution in [3.8, 4) is 0 Å². The number of amides is 1. The molecule has 35 heavy (non-hydrogen) atoms. The molecule has 182 valence electrons. The predicted molar refractivity (Wildman–Crippen MR) is 120 cm³/mol. The fourth-order valence-electron chi connectivity index (χ4n) is 3.38. The maximum absolute atomic E-state index is 12.7. The van der Waals surface area contributed by atoms with Gasteiger partial charge in [-0.3, -0.25) is 9.59 Å². The number of aliphatic hydroxyl groups is 1. The number of esters is 1. The minimum atomic E-state index is -4.55. The van der Waals surface area contributed by atoms with Crippen LogP contribution in [0.3, 0.4) is 0 Å². The molecule has 0 unspecified atom stereocenters. The molecule has 6 nitrogen and oxygen atoms in total. The van der Waals surface area contributed by atoms with Crippen molar-refractivity contribution in [2.75, 3.05) is 7.11 Å². The Morgan fingerprint density at radius 1 is 0.886 bits per heavy atom. The summed E-state index contributed by atoms with van der Waals surface area (Å²) in [5, 5.41) is 12.6. The first-order valence-corrected chi connectivity index (χ1v) is 10.5. The van der Waals surface area contributed by atoms with Crippen molar-refractivity contribution in [2.24, 2.45) is 0 Å². The quantitative estimate of drug-likeness (QED) is 0.373. The molecule has 0 spiro atoms. The van der Waals surface area contributed by atoms with Crippen LogP contribution in [0.4, 0.5) is 13.2 Å². The van der Waals surface area contributed by atoms with E-state index >= 15 is 0 Å². The van der Waals surface area contributed by atoms with Crippen LogP contribution in [0.5, 0.6) is 0 Å². The molecule has 0 radical (unpaired) electrons. The molecule has 9 heteroatoms. The molecule has 0 saturated heterocycles. The smallest absolute Gasteiger partial charge is 0.416 e. The van der Waals surface area contributed by atoms with Crippen LogP contribution in [0.1, 0.15) is 38.7 Å². The van der Waals surface area contributed by atoms with Gasteiger partial charge in [0.15, 0.2) is 11.9 Å². The second-order valence-electron chi connectivity index (χ2n) is 7.70. The number of rotatable bonds is 8. The molecular formula is C26H22F3NO5. The fraction of sp³-hybridized carbons (Fsp3) is 0.192. The normalized spacial score (nSPS) is 12.9. The van der Waals surface area contributed by atoms with E-state index in [1.54, 1.807) is 54.6 Å². The molecule has 1 amide bonds. The first kappa shape index (κ1) is 25.6. The number of carbonyl (C=O) groups excluding carboxylic acids is 3. The van der Waals surface area contributed by atoms with Crippen LogP contribution in [-0.4, -0.2) is 35.9 Å². The largest absolute Gasteiger partial charge is 0.467 e. The average molecular weight is 485 g/mol. The molecule has 0 bridgehead atoms. The molecule has 2 atom stereocenters. The Kier molecular flexibility index (Phi) is 8.03. The lowest BCUT2D eigenvalue weighted by Gasteiger charge is -2.19. The summed E-state index contributed by atoms with van der Waals surface area (Å²) in [6, 6.07) is 17.5. The van der Waals surface area contributed by atoms with Gasteiger partial charge in [0, 0.05) is 17.5 Å². The van der Waals surface area contributed by atoms with Gasteiger partial charge in [-0.05, 0) is 23.3 Å². The molecule has 3 aromatic rings. The minimum Gasteiger partial charge on any atom is -0.467 e. The third-order valence-electron chi connectivity index (χ3n) is 5.30. The summed E-state index contributed by atoms with van der Waals surface area (Å²) in [5.41, 5.74) is 0.584. The first-order valence-electron chi connectivity index (χ1n) is 10.5. The molecule has 0 aliphatic carbocycles. The second-order valence-corrected chi connectivity index (χ2v) is 7.70. The SMILES string of the molecule is COC(=O)[C@@H](Cc1ccc(C(=O)c2ccccc2)cc1)NC(=O)[C@@H](O)c1ccc(C(F)(F)F)cc1. The Bertz CT molecular complexity index is 1180. The zero-order chi connectivity index (χ0) is 25.6. The van der Waals surface area contributed by atoms with E-state index in [1.807, 2.05) is 0 Å². The zero-order valence-corrected chi connectivity index (χ0v) is 18.6. The summed E-state index contributed by atoms with van der Waals surface area (Å²) < 4.78 is 42.9. The number of benzene rings is 3. The maximum Gasteiger partial charge on any atom is 0.416 e. The van der Waals surface area contributed by atoms with E-state index in [2.05, 4.69) is 5.32 Å². The summed E-state index contributed by atoms with van der Waals surface area (Å²) >= 11 is 0. The van der Waals surface area contributed by atoms with Crippen LogP contribution in [0.15, 0.2) is 78.9 Å². The van der Waals surface area contributed by atoms with Crippen molar-refractivity contribution in [2.45, 2.75) is 24.7 Å². The zero-order valence-electron chi connectivity index (χ0n) is 18.6. The minimum absolute atomic E-state index is 0.00203. The lowest BCUT2D eigenvalue weighted by atomic mass is 9.99. The number of nitrogens with one attached hydrogen (secondary N) is 1. The molecule has 0 aliphatic heterocycles. The maximum atomic E-state index is 12.7. The van der Waals surface area contributed by atoms with E-state index in [-0.39, 0.29) is 17.8 Å². The van der Waals surface area contributed by atoms with Crippen LogP contribution in [0.2, 0.25) is 0 Å². The van der Waals surface area contributed by atoms with Gasteiger partial charge in [-0.1, -0.05) is 66.7 Å². The summed E-state index contributed by atoms with van der Waals surface area (Å²) in [6.45, 7) is 0. The highest BCUT2D eigenvalue weighted by molar-refractivity contribution is 6.08. The topological polar surface area (TPSA) is 92.7 Å². The fourth-order valence-corrected chi connectivity index (χ4v) is 3.38. The number of ketones is 1. The van der Waals surface area contributed by atoms with E-state index in [0.717, 1.165) is 31.4 Å². The molecule has 0 aromatic heterocycles. The standard InChI is InChI=1S/C26H22F3NO5/c1-35-25(34)21(30-24(33)23(32)19-11-13-20(14-12-19)26(27,28)29)15-16-7-9-18(10-8-16)22(31)17-5-3-2-4-6-17/h2-14,21,23,32H,15H2,1H3,(H,30,33)/t21-,23+/m1/s1. The number of ether oxygens (including phenoxy) is 1. The van der Waals surface area contributed by atoms with E-state index in [0.29, 0.717) is 16.7 Å². The van der Waals surface area contributed by atoms with Crippen molar-refractivity contribution >= 4 is 17.7 Å². The highest BCUT2D eigenvalue weighted by Gasteiger charge is 2.31. The van der Waals surface area contributed by atoms with E-state index < -0.39 is 35.8 Å². The Morgan fingerprint density at radius 2 is 1.46 bits per heavy atom. The van der Waals surface area contributed by atoms with Gasteiger partial charge < -0.3 is 15.2 Å². The number of alkyl halides is 3. The highest BCUT2D eigenvalue weighted by Crippen LogP contribution is 2.30. The molecule has 0 aliphatic rings. The van der Waals surface area contributed by atoms with E-state index in [1.165, 1.54) is 0 Å². The molecule has 0 fully saturated rings. The third-order valence-corrected chi connectivity index (χ3v) is 5.30. The summed E-state index contributed by atoms with van der Waals surface area (Å²) in [4.78, 5) is 37.3. The van der Waals surface area contributed by atoms with Gasteiger partial charge in [-0.25, -0.2) is 4.79 Å². The average Bonchev–Trinajstić information content (AvgIpc) is 2.87. The molecule has 2 N–H and O–H groups in total. The van der Waals surface area contributed by atoms with Crippen LogP contribution in [-0.2, 0) is 26.9 Å². The predicted octanol–water partition coefficient (Wildman–Crippen LogP) is 3.87. The van der Waals surface area contributed by atoms with Gasteiger partial charge in [0.1, 0.15) is 6.04 Å². The van der Waals surface area contributed by atoms with Gasteiger partial charge >= 0.3 is 12.1 Å². The van der Waals surface area contributed by atoms with E-state index in [4.69, 9.17) is 4.74 Å². The van der Waals surface area contributed by atoms with Gasteiger partial charge in [0.05, 0.1) is 12.7 Å². The summed E-state index contributed by atoms with van der Waals surface area (Å²) in [5.74, 6) is -1.92. The number of hydrogen-bond acceptors (Lipinski definition) is 5. The van der Waals surface area contributed by atoms with Gasteiger partial charge in [0.25, 0.3) is 5.91 Å². The van der Waals surface area contributed by atoms with Crippen molar-refractivity contribution in [3.05, 3.63) is 107 Å². The van der Waals surface area contributed by atoms with Crippen LogP contribution in [0, 0.1) is 0 Å². The number of hydrogen-bond donors (Lipinski definition) is 2. The monoisotopic (exact) mass is 485 g/mol. The lowest BCUT2D eigenvalue weighted by molar-refractivity contribution is -0.146. The number of carbonyl (C=O) groups is 3. The van der Waals surface area contributed by atoms with Crippen molar-refractivity contribution in [1.82, 2.24) is 5.32 Å². The van der Waals surface area contributed by atoms with Gasteiger partial charge in [-0.15, -0.1) is 0 Å². The lowest BCUT2D eigenvalue weighted by Crippen LogP contribution is -2.45. The first-order chi connectivity index (χ1) is 16.6. The second kappa shape index (κ2) is 11.0. The highest BCUT2D eigenvalue weighted by atomic mass is 19.4. The Balaban J connectivity index is 1.69. The molecule has 3 rings (SSSR count). The van der Waals surface area contributed by atoms with Crippen LogP contribution < -0.4 is 5.32 Å². The van der Waals surface area contributed by atoms with Crippen molar-refractivity contribution in [1.29, 1.82) is 0 Å². The molecule has 3 aromatic carbocycles. The number of aliphatic hydroxyl groups excluding tert-OH is 1. The Morgan fingerprint density at radius 3 is 2.00 bits per heavy atom. The number of methoxy groups -OCH3 is 1. The number of halogens is 3. The Labute approximate surface area is 199 Å². The molecule has 0 heterocycles. The molecular weight excluding hydrogens is 463 g/mol. The Hall–Kier alpha value is -3.98. The van der Waals surface area contributed by atoms with Crippen LogP contribution in [0.25, 0.3) is 0 Å². The van der Waals surface area contributed by atoms with E-state index in [9.17, 15) is 32.7 Å². The molecule has 0 saturated carbocycles. The summed E-state index contributed by atoms with van der Waals surface area (Å²) in [6.07, 6.45) is -6.35. The van der Waals surface area contributed by atoms with Gasteiger partial charge in [0.2, 0.25) is 0 Å². The van der Waals surface area contributed by atoms with Gasteiger partial charge in [-0.2, -0.15) is 13.2 Å².